The first-order chi connectivity index (χ1) is 16.1. The summed E-state index contributed by atoms with van der Waals surface area (Å²) < 4.78 is 10.7. The molecule has 5 rings (SSSR count). The Hall–Kier alpha value is -2.80. The van der Waals surface area contributed by atoms with Crippen molar-refractivity contribution in [3.8, 4) is 11.3 Å². The molecule has 1 saturated carbocycles. The number of likely N-dealkylation sites (tertiary alicyclic amines) is 1. The number of rotatable bonds is 5. The quantitative estimate of drug-likeness (QED) is 0.691. The third kappa shape index (κ3) is 4.51. The maximum Gasteiger partial charge on any atom is 0.409 e. The lowest BCUT2D eigenvalue weighted by molar-refractivity contribution is -0.135. The summed E-state index contributed by atoms with van der Waals surface area (Å²) in [5, 5.41) is 0. The van der Waals surface area contributed by atoms with Crippen LogP contribution in [0.4, 0.5) is 4.79 Å². The summed E-state index contributed by atoms with van der Waals surface area (Å²) in [5.41, 5.74) is 2.63. The van der Waals surface area contributed by atoms with Crippen molar-refractivity contribution in [1.82, 2.24) is 14.7 Å². The van der Waals surface area contributed by atoms with Crippen LogP contribution in [-0.4, -0.2) is 72.6 Å². The van der Waals surface area contributed by atoms with E-state index >= 15 is 0 Å². The molecular formula is C26H33N3O4. The first kappa shape index (κ1) is 22.0. The zero-order valence-electron chi connectivity index (χ0n) is 19.4. The first-order valence-corrected chi connectivity index (χ1v) is 12.1. The van der Waals surface area contributed by atoms with E-state index in [2.05, 4.69) is 29.2 Å². The number of carbonyl (C=O) groups excluding carboxylic acids is 2. The number of benzene rings is 1. The zero-order chi connectivity index (χ0) is 22.8. The third-order valence-corrected chi connectivity index (χ3v) is 7.65. The van der Waals surface area contributed by atoms with Gasteiger partial charge in [0.15, 0.2) is 0 Å². The van der Waals surface area contributed by atoms with Gasteiger partial charge in [-0.3, -0.25) is 9.69 Å². The number of carbonyl (C=O) groups is 2. The van der Waals surface area contributed by atoms with Crippen LogP contribution in [0.15, 0.2) is 47.1 Å². The SMILES string of the molecule is CCOC(=O)N1CCN(C(=O)C2CC23CCN(Cc2ccccc2-c2ccco2)CC3)CC1. The van der Waals surface area contributed by atoms with Gasteiger partial charge >= 0.3 is 6.09 Å². The van der Waals surface area contributed by atoms with Gasteiger partial charge in [-0.05, 0) is 62.4 Å². The summed E-state index contributed by atoms with van der Waals surface area (Å²) in [7, 11) is 0. The Morgan fingerprint density at radius 1 is 1.00 bits per heavy atom. The van der Waals surface area contributed by atoms with Gasteiger partial charge in [-0.15, -0.1) is 0 Å². The number of ether oxygens (including phenoxy) is 1. The minimum atomic E-state index is -0.270. The Balaban J connectivity index is 1.12. The van der Waals surface area contributed by atoms with Crippen LogP contribution in [0, 0.1) is 11.3 Å². The molecule has 2 aromatic rings. The molecule has 2 aliphatic heterocycles. The van der Waals surface area contributed by atoms with Crippen LogP contribution in [0.1, 0.15) is 31.7 Å². The molecule has 1 atom stereocenters. The largest absolute Gasteiger partial charge is 0.464 e. The first-order valence-electron chi connectivity index (χ1n) is 12.1. The molecule has 1 aromatic heterocycles. The van der Waals surface area contributed by atoms with Gasteiger partial charge in [-0.25, -0.2) is 4.79 Å². The lowest BCUT2D eigenvalue weighted by atomic mass is 9.90. The van der Waals surface area contributed by atoms with Gasteiger partial charge in [0.05, 0.1) is 12.9 Å². The van der Waals surface area contributed by atoms with Crippen molar-refractivity contribution >= 4 is 12.0 Å². The minimum Gasteiger partial charge on any atom is -0.464 e. The molecule has 3 heterocycles. The van der Waals surface area contributed by atoms with Crippen LogP contribution in [0.25, 0.3) is 11.3 Å². The van der Waals surface area contributed by atoms with Crippen molar-refractivity contribution in [2.45, 2.75) is 32.7 Å². The van der Waals surface area contributed by atoms with Crippen LogP contribution >= 0.6 is 0 Å². The second kappa shape index (κ2) is 9.21. The van der Waals surface area contributed by atoms with E-state index in [4.69, 9.17) is 9.15 Å². The summed E-state index contributed by atoms with van der Waals surface area (Å²) in [6.07, 6.45) is 4.62. The number of furan rings is 1. The highest BCUT2D eigenvalue weighted by atomic mass is 16.6. The molecule has 2 amide bonds. The average Bonchev–Trinajstić information content (AvgIpc) is 3.26. The van der Waals surface area contributed by atoms with Crippen LogP contribution in [0.3, 0.4) is 0 Å². The average molecular weight is 452 g/mol. The van der Waals surface area contributed by atoms with Crippen molar-refractivity contribution in [2.75, 3.05) is 45.9 Å². The third-order valence-electron chi connectivity index (χ3n) is 7.65. The Morgan fingerprint density at radius 2 is 1.73 bits per heavy atom. The predicted octanol–water partition coefficient (Wildman–Crippen LogP) is 3.85. The monoisotopic (exact) mass is 451 g/mol. The number of amides is 2. The molecule has 0 radical (unpaired) electrons. The van der Waals surface area contributed by atoms with Crippen molar-refractivity contribution in [1.29, 1.82) is 0 Å². The van der Waals surface area contributed by atoms with Crippen LogP contribution in [0.2, 0.25) is 0 Å². The van der Waals surface area contributed by atoms with E-state index in [0.29, 0.717) is 32.8 Å². The molecule has 3 aliphatic rings. The van der Waals surface area contributed by atoms with Gasteiger partial charge in [0.2, 0.25) is 5.91 Å². The van der Waals surface area contributed by atoms with Gasteiger partial charge in [0, 0.05) is 44.2 Å². The highest BCUT2D eigenvalue weighted by Crippen LogP contribution is 2.60. The fourth-order valence-corrected chi connectivity index (χ4v) is 5.52. The number of nitrogens with zero attached hydrogens (tertiary/aromatic N) is 3. The summed E-state index contributed by atoms with van der Waals surface area (Å²) in [4.78, 5) is 31.2. The van der Waals surface area contributed by atoms with Gasteiger partial charge in [0.25, 0.3) is 0 Å². The minimum absolute atomic E-state index is 0.157. The lowest BCUT2D eigenvalue weighted by Crippen LogP contribution is -2.51. The van der Waals surface area contributed by atoms with Gasteiger partial charge in [-0.2, -0.15) is 0 Å². The van der Waals surface area contributed by atoms with E-state index in [-0.39, 0.29) is 23.3 Å². The fraction of sp³-hybridized carbons (Fsp3) is 0.538. The highest BCUT2D eigenvalue weighted by molar-refractivity contribution is 5.83. The maximum absolute atomic E-state index is 13.2. The number of hydrogen-bond donors (Lipinski definition) is 0. The summed E-state index contributed by atoms with van der Waals surface area (Å²) in [5.74, 6) is 1.36. The second-order valence-electron chi connectivity index (χ2n) is 9.54. The normalized spacial score (nSPS) is 22.4. The number of hydrogen-bond acceptors (Lipinski definition) is 5. The van der Waals surface area contributed by atoms with Crippen LogP contribution < -0.4 is 0 Å². The zero-order valence-corrected chi connectivity index (χ0v) is 19.4. The second-order valence-corrected chi connectivity index (χ2v) is 9.54. The predicted molar refractivity (Wildman–Crippen MR) is 124 cm³/mol. The molecule has 0 N–H and O–H groups in total. The van der Waals surface area contributed by atoms with E-state index in [9.17, 15) is 9.59 Å². The molecule has 1 aliphatic carbocycles. The Labute approximate surface area is 195 Å². The molecule has 176 valence electrons. The highest BCUT2D eigenvalue weighted by Gasteiger charge is 2.59. The summed E-state index contributed by atoms with van der Waals surface area (Å²) in [6.45, 7) is 7.49. The molecule has 1 aromatic carbocycles. The number of piperidine rings is 1. The van der Waals surface area contributed by atoms with Gasteiger partial charge < -0.3 is 19.0 Å². The Morgan fingerprint density at radius 3 is 2.42 bits per heavy atom. The molecule has 33 heavy (non-hydrogen) atoms. The van der Waals surface area contributed by atoms with E-state index in [1.54, 1.807) is 11.2 Å². The van der Waals surface area contributed by atoms with Crippen molar-refractivity contribution in [3.05, 3.63) is 48.2 Å². The standard InChI is InChI=1S/C26H33N3O4/c1-2-32-25(31)29-15-13-28(14-16-29)24(30)22-18-26(22)9-11-27(12-10-26)19-20-6-3-4-7-21(20)23-8-5-17-33-23/h3-8,17,22H,2,9-16,18-19H2,1H3. The summed E-state index contributed by atoms with van der Waals surface area (Å²) in [6, 6.07) is 12.4. The van der Waals surface area contributed by atoms with E-state index in [0.717, 1.165) is 50.2 Å². The molecule has 3 fully saturated rings. The molecule has 1 spiro atoms. The summed E-state index contributed by atoms with van der Waals surface area (Å²) >= 11 is 0. The van der Waals surface area contributed by atoms with Gasteiger partial charge in [-0.1, -0.05) is 24.3 Å². The van der Waals surface area contributed by atoms with Crippen molar-refractivity contribution in [2.24, 2.45) is 11.3 Å². The van der Waals surface area contributed by atoms with E-state index in [1.807, 2.05) is 24.0 Å². The topological polar surface area (TPSA) is 66.2 Å². The van der Waals surface area contributed by atoms with Crippen LogP contribution in [-0.2, 0) is 16.1 Å². The molecule has 0 bridgehead atoms. The van der Waals surface area contributed by atoms with Crippen molar-refractivity contribution < 1.29 is 18.7 Å². The molecule has 2 saturated heterocycles. The Kier molecular flexibility index (Phi) is 6.15. The molecular weight excluding hydrogens is 418 g/mol. The number of piperazine rings is 1. The van der Waals surface area contributed by atoms with Gasteiger partial charge in [0.1, 0.15) is 5.76 Å². The van der Waals surface area contributed by atoms with Crippen molar-refractivity contribution in [3.63, 3.8) is 0 Å². The molecule has 7 nitrogen and oxygen atoms in total. The van der Waals surface area contributed by atoms with E-state index < -0.39 is 0 Å². The molecule has 1 unspecified atom stereocenters. The smallest absolute Gasteiger partial charge is 0.409 e. The van der Waals surface area contributed by atoms with E-state index in [1.165, 1.54) is 5.56 Å². The fourth-order valence-electron chi connectivity index (χ4n) is 5.52. The van der Waals surface area contributed by atoms with Crippen LogP contribution in [0.5, 0.6) is 0 Å². The molecule has 7 heteroatoms. The Bertz CT molecular complexity index is 973. The lowest BCUT2D eigenvalue weighted by Gasteiger charge is -2.36. The maximum atomic E-state index is 13.2.